The van der Waals surface area contributed by atoms with Gasteiger partial charge in [-0.3, -0.25) is 0 Å². The molecule has 0 unspecified atom stereocenters. The number of hydrogen-bond donors (Lipinski definition) is 0. The van der Waals surface area contributed by atoms with Crippen molar-refractivity contribution in [1.82, 2.24) is 14.8 Å². The van der Waals surface area contributed by atoms with E-state index in [0.717, 1.165) is 32.3 Å². The predicted octanol–water partition coefficient (Wildman–Crippen LogP) is -0.348. The van der Waals surface area contributed by atoms with Gasteiger partial charge in [-0.25, -0.2) is 0 Å². The van der Waals surface area contributed by atoms with Crippen molar-refractivity contribution in [2.75, 3.05) is 31.2 Å². The molecule has 1 aliphatic heterocycles. The summed E-state index contributed by atoms with van der Waals surface area (Å²) in [5.41, 5.74) is 0. The van der Waals surface area contributed by atoms with Crippen molar-refractivity contribution in [2.45, 2.75) is 0 Å². The third-order valence-corrected chi connectivity index (χ3v) is 1.98. The van der Waals surface area contributed by atoms with Gasteiger partial charge in [0.15, 0.2) is 0 Å². The van der Waals surface area contributed by atoms with Crippen molar-refractivity contribution >= 4 is 5.95 Å². The van der Waals surface area contributed by atoms with Crippen LogP contribution in [0.15, 0.2) is 6.33 Å². The van der Waals surface area contributed by atoms with Gasteiger partial charge in [-0.15, -0.1) is 10.2 Å². The lowest BCUT2D eigenvalue weighted by molar-refractivity contribution is 0.121. The molecule has 1 saturated heterocycles. The Kier molecular flexibility index (Phi) is 1.95. The standard InChI is InChI=1S/C7H12N4O/c1-10-6-8-9-7(10)11-2-4-12-5-3-11/h6H,2-5H2,1H3. The number of rotatable bonds is 1. The number of morpholine rings is 1. The zero-order valence-corrected chi connectivity index (χ0v) is 7.10. The van der Waals surface area contributed by atoms with Gasteiger partial charge in [0.1, 0.15) is 6.33 Å². The lowest BCUT2D eigenvalue weighted by atomic mass is 10.4. The van der Waals surface area contributed by atoms with Crippen molar-refractivity contribution in [3.63, 3.8) is 0 Å². The Morgan fingerprint density at radius 2 is 2.17 bits per heavy atom. The lowest BCUT2D eigenvalue weighted by Crippen LogP contribution is -2.37. The van der Waals surface area contributed by atoms with E-state index in [9.17, 15) is 0 Å². The van der Waals surface area contributed by atoms with Crippen LogP contribution < -0.4 is 4.90 Å². The molecule has 1 aliphatic rings. The molecule has 1 fully saturated rings. The SMILES string of the molecule is Cn1cnnc1N1CCOCC1. The minimum absolute atomic E-state index is 0.785. The number of aryl methyl sites for hydroxylation is 1. The molecule has 66 valence electrons. The van der Waals surface area contributed by atoms with Crippen molar-refractivity contribution < 1.29 is 4.74 Å². The van der Waals surface area contributed by atoms with Gasteiger partial charge in [0.25, 0.3) is 0 Å². The van der Waals surface area contributed by atoms with Crippen LogP contribution in [0.25, 0.3) is 0 Å². The van der Waals surface area contributed by atoms with Gasteiger partial charge in [-0.05, 0) is 0 Å². The summed E-state index contributed by atoms with van der Waals surface area (Å²) >= 11 is 0. The normalized spacial score (nSPS) is 18.2. The van der Waals surface area contributed by atoms with Gasteiger partial charge in [-0.1, -0.05) is 0 Å². The first kappa shape index (κ1) is 7.54. The van der Waals surface area contributed by atoms with Crippen LogP contribution in [0.1, 0.15) is 0 Å². The second-order valence-corrected chi connectivity index (χ2v) is 2.84. The first-order valence-corrected chi connectivity index (χ1v) is 4.04. The van der Waals surface area contributed by atoms with E-state index in [2.05, 4.69) is 15.1 Å². The van der Waals surface area contributed by atoms with Crippen molar-refractivity contribution in [3.8, 4) is 0 Å². The smallest absolute Gasteiger partial charge is 0.226 e. The monoisotopic (exact) mass is 168 g/mol. The van der Waals surface area contributed by atoms with Crippen molar-refractivity contribution in [2.24, 2.45) is 7.05 Å². The molecule has 1 aromatic rings. The minimum atomic E-state index is 0.785. The summed E-state index contributed by atoms with van der Waals surface area (Å²) in [4.78, 5) is 2.18. The number of anilines is 1. The Morgan fingerprint density at radius 1 is 1.42 bits per heavy atom. The quantitative estimate of drug-likeness (QED) is 0.575. The zero-order chi connectivity index (χ0) is 8.39. The molecule has 2 heterocycles. The molecule has 0 aromatic carbocycles. The third kappa shape index (κ3) is 1.27. The Labute approximate surface area is 71.0 Å². The van der Waals surface area contributed by atoms with E-state index in [1.165, 1.54) is 0 Å². The van der Waals surface area contributed by atoms with Gasteiger partial charge in [-0.2, -0.15) is 0 Å². The van der Waals surface area contributed by atoms with E-state index in [1.807, 2.05) is 11.6 Å². The summed E-state index contributed by atoms with van der Waals surface area (Å²) in [7, 11) is 1.95. The highest BCUT2D eigenvalue weighted by Gasteiger charge is 2.14. The van der Waals surface area contributed by atoms with Crippen LogP contribution in [0, 0.1) is 0 Å². The fourth-order valence-corrected chi connectivity index (χ4v) is 1.33. The summed E-state index contributed by atoms with van der Waals surface area (Å²) < 4.78 is 7.16. The van der Waals surface area contributed by atoms with Crippen LogP contribution >= 0.6 is 0 Å². The van der Waals surface area contributed by atoms with E-state index in [-0.39, 0.29) is 0 Å². The van der Waals surface area contributed by atoms with E-state index in [1.54, 1.807) is 6.33 Å². The van der Waals surface area contributed by atoms with Crippen LogP contribution in [0.2, 0.25) is 0 Å². The van der Waals surface area contributed by atoms with Gasteiger partial charge >= 0.3 is 0 Å². The van der Waals surface area contributed by atoms with Crippen LogP contribution in [0.4, 0.5) is 5.95 Å². The van der Waals surface area contributed by atoms with E-state index < -0.39 is 0 Å². The molecular formula is C7H12N4O. The van der Waals surface area contributed by atoms with Crippen LogP contribution in [0.5, 0.6) is 0 Å². The number of nitrogens with zero attached hydrogens (tertiary/aromatic N) is 4. The first-order chi connectivity index (χ1) is 5.88. The molecule has 5 nitrogen and oxygen atoms in total. The highest BCUT2D eigenvalue weighted by atomic mass is 16.5. The van der Waals surface area contributed by atoms with Gasteiger partial charge in [0, 0.05) is 20.1 Å². The van der Waals surface area contributed by atoms with E-state index in [4.69, 9.17) is 4.74 Å². The summed E-state index contributed by atoms with van der Waals surface area (Å²) in [6.07, 6.45) is 1.71. The fourth-order valence-electron chi connectivity index (χ4n) is 1.33. The van der Waals surface area contributed by atoms with Gasteiger partial charge < -0.3 is 14.2 Å². The summed E-state index contributed by atoms with van der Waals surface area (Å²) in [5.74, 6) is 0.929. The molecular weight excluding hydrogens is 156 g/mol. The van der Waals surface area contributed by atoms with Gasteiger partial charge in [0.05, 0.1) is 13.2 Å². The largest absolute Gasteiger partial charge is 0.378 e. The van der Waals surface area contributed by atoms with E-state index in [0.29, 0.717) is 0 Å². The molecule has 0 N–H and O–H groups in total. The summed E-state index contributed by atoms with van der Waals surface area (Å²) in [6.45, 7) is 3.39. The minimum Gasteiger partial charge on any atom is -0.378 e. The van der Waals surface area contributed by atoms with Crippen LogP contribution in [0.3, 0.4) is 0 Å². The second kappa shape index (κ2) is 3.10. The topological polar surface area (TPSA) is 43.2 Å². The Hall–Kier alpha value is -1.10. The molecule has 0 aliphatic carbocycles. The number of ether oxygens (including phenoxy) is 1. The molecule has 0 spiro atoms. The predicted molar refractivity (Wildman–Crippen MR) is 44.0 cm³/mol. The first-order valence-electron chi connectivity index (χ1n) is 4.04. The number of hydrogen-bond acceptors (Lipinski definition) is 4. The molecule has 0 atom stereocenters. The molecule has 2 rings (SSSR count). The Bertz CT molecular complexity index is 254. The lowest BCUT2D eigenvalue weighted by Gasteiger charge is -2.26. The maximum absolute atomic E-state index is 5.24. The van der Waals surface area contributed by atoms with Crippen molar-refractivity contribution in [3.05, 3.63) is 6.33 Å². The molecule has 0 bridgehead atoms. The average molecular weight is 168 g/mol. The molecule has 5 heteroatoms. The number of aromatic nitrogens is 3. The molecule has 1 aromatic heterocycles. The van der Waals surface area contributed by atoms with E-state index >= 15 is 0 Å². The second-order valence-electron chi connectivity index (χ2n) is 2.84. The summed E-state index contributed by atoms with van der Waals surface area (Å²) in [5, 5.41) is 7.85. The third-order valence-electron chi connectivity index (χ3n) is 1.98. The fraction of sp³-hybridized carbons (Fsp3) is 0.714. The maximum atomic E-state index is 5.24. The zero-order valence-electron chi connectivity index (χ0n) is 7.10. The Morgan fingerprint density at radius 3 is 2.75 bits per heavy atom. The highest BCUT2D eigenvalue weighted by Crippen LogP contribution is 2.09. The molecule has 0 amide bonds. The summed E-state index contributed by atoms with van der Waals surface area (Å²) in [6, 6.07) is 0. The van der Waals surface area contributed by atoms with Crippen LogP contribution in [-0.4, -0.2) is 41.1 Å². The highest BCUT2D eigenvalue weighted by molar-refractivity contribution is 5.29. The molecule has 0 saturated carbocycles. The maximum Gasteiger partial charge on any atom is 0.226 e. The average Bonchev–Trinajstić information content (AvgIpc) is 2.53. The van der Waals surface area contributed by atoms with Crippen molar-refractivity contribution in [1.29, 1.82) is 0 Å². The van der Waals surface area contributed by atoms with Crippen LogP contribution in [-0.2, 0) is 11.8 Å². The van der Waals surface area contributed by atoms with Gasteiger partial charge in [0.2, 0.25) is 5.95 Å². The Balaban J connectivity index is 2.13. The molecule has 12 heavy (non-hydrogen) atoms. The molecule has 0 radical (unpaired) electrons.